The number of hydrogen-bond donors (Lipinski definition) is 5. The lowest BCUT2D eigenvalue weighted by molar-refractivity contribution is 0.368. The molecule has 1 atom stereocenters. The van der Waals surface area contributed by atoms with E-state index in [4.69, 9.17) is 0 Å². The maximum absolute atomic E-state index is 13.2. The molecular formula is C67H96O5. The van der Waals surface area contributed by atoms with Crippen LogP contribution in [0.25, 0.3) is 0 Å². The quantitative estimate of drug-likeness (QED) is 0.101. The number of benzene rings is 5. The SMILES string of the molecule is Cc1cc(O)c(C(C)(C)C)cc1C(CC(c1cc(C(C)(C)C)c(O)cc1C)c1cc(C(C)(C)C)c(O)cc1C)CC(C)(c1cc(C(C)(C)C)cc(C(C)(C)C)c1O)c1cc(C(C)(C)C)cc(C(C)(C)C)c1O. The van der Waals surface area contributed by atoms with Crippen molar-refractivity contribution in [2.45, 2.75) is 241 Å². The smallest absolute Gasteiger partial charge is 0.123 e. The number of aromatic hydroxyl groups is 5. The van der Waals surface area contributed by atoms with E-state index in [0.29, 0.717) is 12.8 Å². The number of hydrogen-bond acceptors (Lipinski definition) is 5. The summed E-state index contributed by atoms with van der Waals surface area (Å²) in [5.74, 6) is 0.724. The molecule has 5 heteroatoms. The molecule has 0 aliphatic carbocycles. The first-order chi connectivity index (χ1) is 32.3. The Morgan fingerprint density at radius 2 is 0.583 bits per heavy atom. The molecule has 0 amide bonds. The van der Waals surface area contributed by atoms with E-state index >= 15 is 0 Å². The second-order valence-corrected chi connectivity index (χ2v) is 29.3. The van der Waals surface area contributed by atoms with E-state index in [9.17, 15) is 25.5 Å². The summed E-state index contributed by atoms with van der Waals surface area (Å²) in [6, 6.07) is 21.2. The largest absolute Gasteiger partial charge is 0.508 e. The molecule has 0 aromatic heterocycles. The maximum Gasteiger partial charge on any atom is 0.123 e. The van der Waals surface area contributed by atoms with Crippen LogP contribution >= 0.6 is 0 Å². The monoisotopic (exact) mass is 981 g/mol. The Kier molecular flexibility index (Phi) is 15.4. The van der Waals surface area contributed by atoms with Crippen LogP contribution in [0.15, 0.2) is 60.7 Å². The third-order valence-electron chi connectivity index (χ3n) is 15.7. The van der Waals surface area contributed by atoms with Gasteiger partial charge in [0.25, 0.3) is 0 Å². The Labute approximate surface area is 437 Å². The van der Waals surface area contributed by atoms with Gasteiger partial charge in [-0.15, -0.1) is 0 Å². The molecule has 1 unspecified atom stereocenters. The van der Waals surface area contributed by atoms with Crippen molar-refractivity contribution in [3.8, 4) is 28.7 Å². The first kappa shape index (κ1) is 58.0. The lowest BCUT2D eigenvalue weighted by Crippen LogP contribution is -2.31. The van der Waals surface area contributed by atoms with Crippen molar-refractivity contribution in [2.24, 2.45) is 0 Å². The van der Waals surface area contributed by atoms with E-state index in [1.165, 1.54) is 0 Å². The van der Waals surface area contributed by atoms with Gasteiger partial charge < -0.3 is 25.5 Å². The molecule has 5 aromatic rings. The fourth-order valence-electron chi connectivity index (χ4n) is 11.1. The molecule has 0 radical (unpaired) electrons. The highest BCUT2D eigenvalue weighted by molar-refractivity contribution is 5.62. The van der Waals surface area contributed by atoms with Gasteiger partial charge in [0.1, 0.15) is 28.7 Å². The zero-order chi connectivity index (χ0) is 55.2. The summed E-state index contributed by atoms with van der Waals surface area (Å²) in [5, 5.41) is 61.5. The van der Waals surface area contributed by atoms with Crippen LogP contribution in [0.3, 0.4) is 0 Å². The van der Waals surface area contributed by atoms with Crippen LogP contribution in [0.5, 0.6) is 28.7 Å². The Morgan fingerprint density at radius 1 is 0.319 bits per heavy atom. The maximum atomic E-state index is 13.2. The average molecular weight is 981 g/mol. The molecule has 5 rings (SSSR count). The van der Waals surface area contributed by atoms with Crippen molar-refractivity contribution in [3.63, 3.8) is 0 Å². The lowest BCUT2D eigenvalue weighted by Gasteiger charge is -2.41. The molecule has 0 aliphatic rings. The van der Waals surface area contributed by atoms with Crippen molar-refractivity contribution in [1.82, 2.24) is 0 Å². The summed E-state index contributed by atoms with van der Waals surface area (Å²) >= 11 is 0. The zero-order valence-corrected chi connectivity index (χ0v) is 49.6. The van der Waals surface area contributed by atoms with Crippen LogP contribution in [0.2, 0.25) is 0 Å². The highest BCUT2D eigenvalue weighted by atomic mass is 16.3. The molecule has 0 saturated heterocycles. The van der Waals surface area contributed by atoms with Crippen LogP contribution < -0.4 is 0 Å². The van der Waals surface area contributed by atoms with E-state index in [1.807, 2.05) is 18.2 Å². The molecule has 394 valence electrons. The van der Waals surface area contributed by atoms with E-state index < -0.39 is 21.7 Å². The predicted molar refractivity (Wildman–Crippen MR) is 306 cm³/mol. The highest BCUT2D eigenvalue weighted by Gasteiger charge is 2.43. The third kappa shape index (κ3) is 11.9. The number of aryl methyl sites for hydroxylation is 3. The Morgan fingerprint density at radius 3 is 0.861 bits per heavy atom. The van der Waals surface area contributed by atoms with E-state index in [1.54, 1.807) is 0 Å². The van der Waals surface area contributed by atoms with E-state index in [0.717, 1.165) is 83.5 Å². The van der Waals surface area contributed by atoms with E-state index in [-0.39, 0.29) is 62.2 Å². The van der Waals surface area contributed by atoms with Gasteiger partial charge in [-0.1, -0.05) is 195 Å². The molecule has 72 heavy (non-hydrogen) atoms. The number of rotatable bonds is 9. The molecule has 0 spiro atoms. The van der Waals surface area contributed by atoms with Crippen molar-refractivity contribution in [3.05, 3.63) is 144 Å². The first-order valence-electron chi connectivity index (χ1n) is 26.6. The molecule has 5 N–H and O–H groups in total. The molecule has 0 saturated carbocycles. The molecule has 5 aromatic carbocycles. The summed E-state index contributed by atoms with van der Waals surface area (Å²) in [7, 11) is 0. The molecule has 0 aliphatic heterocycles. The fraction of sp³-hybridized carbons (Fsp3) is 0.552. The van der Waals surface area contributed by atoms with Crippen LogP contribution in [0.4, 0.5) is 0 Å². The molecule has 0 fully saturated rings. The lowest BCUT2D eigenvalue weighted by atomic mass is 9.63. The summed E-state index contributed by atoms with van der Waals surface area (Å²) < 4.78 is 0. The minimum Gasteiger partial charge on any atom is -0.508 e. The Bertz CT molecular complexity index is 2670. The first-order valence-corrected chi connectivity index (χ1v) is 26.6. The van der Waals surface area contributed by atoms with Crippen molar-refractivity contribution in [1.29, 1.82) is 0 Å². The van der Waals surface area contributed by atoms with Gasteiger partial charge in [0.2, 0.25) is 0 Å². The topological polar surface area (TPSA) is 101 Å². The summed E-state index contributed by atoms with van der Waals surface area (Å²) in [4.78, 5) is 0. The van der Waals surface area contributed by atoms with Gasteiger partial charge in [-0.25, -0.2) is 0 Å². The zero-order valence-electron chi connectivity index (χ0n) is 49.6. The normalized spacial score (nSPS) is 14.1. The van der Waals surface area contributed by atoms with Crippen molar-refractivity contribution in [2.75, 3.05) is 0 Å². The predicted octanol–water partition coefficient (Wildman–Crippen LogP) is 17.9. The van der Waals surface area contributed by atoms with Gasteiger partial charge >= 0.3 is 0 Å². The summed E-state index contributed by atoms with van der Waals surface area (Å²) in [5.41, 5.74) is 10.6. The minimum absolute atomic E-state index is 0.234. The summed E-state index contributed by atoms with van der Waals surface area (Å²) in [6.07, 6.45) is 1.04. The Balaban J connectivity index is 2.11. The highest BCUT2D eigenvalue weighted by Crippen LogP contribution is 2.56. The van der Waals surface area contributed by atoms with Crippen LogP contribution in [0.1, 0.15) is 260 Å². The van der Waals surface area contributed by atoms with Crippen LogP contribution in [-0.4, -0.2) is 25.5 Å². The standard InChI is InChI=1S/C67H96O5/c1-38-26-55(68)48(62(10,11)12)34-44(38)41(29-47(45-35-49(63(13,14)15)56(69)27-39(45)2)46-36-50(64(16,17)18)57(70)28-40(46)3)37-67(25,53-32-42(60(4,5)6)30-51(58(53)71)65(19,20)21)54-33-43(61(7,8)9)31-52(59(54)72)66(22,23)24/h26-28,30-36,41,47,68-72H,29,37H2,1-25H3. The minimum atomic E-state index is -1.03. The van der Waals surface area contributed by atoms with Gasteiger partial charge in [0.05, 0.1) is 0 Å². The third-order valence-corrected chi connectivity index (χ3v) is 15.7. The van der Waals surface area contributed by atoms with Gasteiger partial charge in [0, 0.05) is 22.5 Å². The number of phenolic OH excluding ortho intramolecular Hbond substituents is 5. The second-order valence-electron chi connectivity index (χ2n) is 29.3. The Hall–Kier alpha value is -4.90. The van der Waals surface area contributed by atoms with Crippen LogP contribution in [0, 0.1) is 20.8 Å². The van der Waals surface area contributed by atoms with Gasteiger partial charge in [-0.2, -0.15) is 0 Å². The van der Waals surface area contributed by atoms with Crippen LogP contribution in [-0.2, 0) is 43.3 Å². The van der Waals surface area contributed by atoms with E-state index in [2.05, 4.69) is 216 Å². The summed E-state index contributed by atoms with van der Waals surface area (Å²) in [6.45, 7) is 54.0. The van der Waals surface area contributed by atoms with Gasteiger partial charge in [0.15, 0.2) is 0 Å². The van der Waals surface area contributed by atoms with Gasteiger partial charge in [-0.3, -0.25) is 0 Å². The average Bonchev–Trinajstić information content (AvgIpc) is 3.17. The molecule has 0 bridgehead atoms. The molecular weight excluding hydrogens is 885 g/mol. The van der Waals surface area contributed by atoms with Crippen molar-refractivity contribution >= 4 is 0 Å². The second kappa shape index (κ2) is 19.1. The molecule has 5 nitrogen and oxygen atoms in total. The fourth-order valence-corrected chi connectivity index (χ4v) is 11.1. The van der Waals surface area contributed by atoms with Crippen molar-refractivity contribution < 1.29 is 25.5 Å². The number of phenols is 5. The molecule has 0 heterocycles. The van der Waals surface area contributed by atoms with Gasteiger partial charge in [-0.05, 0) is 168 Å².